The Kier molecular flexibility index (Phi) is 5.08. The lowest BCUT2D eigenvalue weighted by Gasteiger charge is -2.10. The van der Waals surface area contributed by atoms with Crippen molar-refractivity contribution in [3.63, 3.8) is 0 Å². The van der Waals surface area contributed by atoms with E-state index in [-0.39, 0.29) is 0 Å². The highest BCUT2D eigenvalue weighted by molar-refractivity contribution is 6.30. The van der Waals surface area contributed by atoms with E-state index in [2.05, 4.69) is 5.32 Å². The van der Waals surface area contributed by atoms with E-state index in [4.69, 9.17) is 27.9 Å². The molecule has 0 aliphatic rings. The van der Waals surface area contributed by atoms with Crippen molar-refractivity contribution in [1.82, 2.24) is 5.32 Å². The normalized spacial score (nSPS) is 10.5. The number of rotatable bonds is 5. The fourth-order valence-corrected chi connectivity index (χ4v) is 2.28. The molecule has 0 atom stereocenters. The van der Waals surface area contributed by atoms with E-state index in [0.29, 0.717) is 11.6 Å². The van der Waals surface area contributed by atoms with Gasteiger partial charge in [0.05, 0.1) is 7.11 Å². The summed E-state index contributed by atoms with van der Waals surface area (Å²) in [5.41, 5.74) is 2.19. The lowest BCUT2D eigenvalue weighted by Crippen LogP contribution is -2.13. The van der Waals surface area contributed by atoms with Crippen molar-refractivity contribution in [3.8, 4) is 5.75 Å². The van der Waals surface area contributed by atoms with Crippen LogP contribution in [0.5, 0.6) is 5.75 Å². The Morgan fingerprint density at radius 2 is 1.79 bits per heavy atom. The predicted octanol–water partition coefficient (Wildman–Crippen LogP) is 4.29. The van der Waals surface area contributed by atoms with Crippen LogP contribution in [0.1, 0.15) is 11.1 Å². The summed E-state index contributed by atoms with van der Waals surface area (Å²) in [5, 5.41) is 4.81. The van der Waals surface area contributed by atoms with Crippen molar-refractivity contribution in [1.29, 1.82) is 0 Å². The van der Waals surface area contributed by atoms with Crippen LogP contribution in [-0.4, -0.2) is 7.11 Å². The van der Waals surface area contributed by atoms with Crippen molar-refractivity contribution in [2.75, 3.05) is 7.11 Å². The Bertz CT molecular complexity index is 558. The summed E-state index contributed by atoms with van der Waals surface area (Å²) in [6.07, 6.45) is 0. The zero-order chi connectivity index (χ0) is 13.7. The highest BCUT2D eigenvalue weighted by atomic mass is 35.5. The summed E-state index contributed by atoms with van der Waals surface area (Å²) in [4.78, 5) is 0. The molecule has 0 amide bonds. The topological polar surface area (TPSA) is 21.3 Å². The monoisotopic (exact) mass is 295 g/mol. The maximum absolute atomic E-state index is 5.99. The molecule has 0 heterocycles. The minimum Gasteiger partial charge on any atom is -0.496 e. The molecule has 0 fully saturated rings. The Morgan fingerprint density at radius 3 is 2.53 bits per heavy atom. The van der Waals surface area contributed by atoms with E-state index in [1.54, 1.807) is 7.11 Å². The number of halogens is 2. The number of benzene rings is 2. The fraction of sp³-hybridized carbons (Fsp3) is 0.200. The molecular weight excluding hydrogens is 281 g/mol. The van der Waals surface area contributed by atoms with Gasteiger partial charge in [-0.25, -0.2) is 0 Å². The highest BCUT2D eigenvalue weighted by Gasteiger charge is 2.03. The summed E-state index contributed by atoms with van der Waals surface area (Å²) in [6.45, 7) is 1.44. The largest absolute Gasteiger partial charge is 0.496 e. The Balaban J connectivity index is 1.97. The minimum atomic E-state index is 0.691. The van der Waals surface area contributed by atoms with Crippen LogP contribution in [0, 0.1) is 0 Å². The first kappa shape index (κ1) is 14.2. The third kappa shape index (κ3) is 4.13. The van der Waals surface area contributed by atoms with E-state index in [1.807, 2.05) is 42.5 Å². The van der Waals surface area contributed by atoms with Crippen LogP contribution < -0.4 is 10.1 Å². The van der Waals surface area contributed by atoms with Gasteiger partial charge in [-0.3, -0.25) is 0 Å². The van der Waals surface area contributed by atoms with E-state index in [9.17, 15) is 0 Å². The molecule has 1 N–H and O–H groups in total. The van der Waals surface area contributed by atoms with E-state index < -0.39 is 0 Å². The first-order chi connectivity index (χ1) is 9.19. The fourth-order valence-electron chi connectivity index (χ4n) is 1.87. The van der Waals surface area contributed by atoms with Crippen LogP contribution in [0.2, 0.25) is 10.0 Å². The van der Waals surface area contributed by atoms with Gasteiger partial charge in [-0.1, -0.05) is 35.3 Å². The smallest absolute Gasteiger partial charge is 0.123 e. The maximum Gasteiger partial charge on any atom is 0.123 e. The number of methoxy groups -OCH3 is 1. The Morgan fingerprint density at radius 1 is 1.00 bits per heavy atom. The summed E-state index contributed by atoms with van der Waals surface area (Å²) < 4.78 is 5.30. The van der Waals surface area contributed by atoms with Gasteiger partial charge in [0.1, 0.15) is 5.75 Å². The summed E-state index contributed by atoms with van der Waals surface area (Å²) in [7, 11) is 1.66. The molecule has 4 heteroatoms. The average Bonchev–Trinajstić information content (AvgIpc) is 2.39. The van der Waals surface area contributed by atoms with E-state index >= 15 is 0 Å². The molecule has 0 unspecified atom stereocenters. The average molecular weight is 296 g/mol. The van der Waals surface area contributed by atoms with Gasteiger partial charge in [0.2, 0.25) is 0 Å². The van der Waals surface area contributed by atoms with Crippen molar-refractivity contribution < 1.29 is 4.74 Å². The molecule has 2 aromatic carbocycles. The molecule has 0 spiro atoms. The van der Waals surface area contributed by atoms with Crippen molar-refractivity contribution in [2.24, 2.45) is 0 Å². The van der Waals surface area contributed by atoms with Gasteiger partial charge in [-0.2, -0.15) is 0 Å². The molecule has 0 bridgehead atoms. The molecule has 19 heavy (non-hydrogen) atoms. The molecule has 100 valence electrons. The first-order valence-electron chi connectivity index (χ1n) is 5.96. The number of ether oxygens (including phenoxy) is 1. The molecule has 0 aliphatic carbocycles. The second-order valence-electron chi connectivity index (χ2n) is 4.19. The molecule has 2 aromatic rings. The van der Waals surface area contributed by atoms with Crippen LogP contribution in [-0.2, 0) is 13.1 Å². The predicted molar refractivity (Wildman–Crippen MR) is 80.0 cm³/mol. The van der Waals surface area contributed by atoms with Crippen LogP contribution in [0.15, 0.2) is 42.5 Å². The zero-order valence-electron chi connectivity index (χ0n) is 10.6. The number of hydrogen-bond acceptors (Lipinski definition) is 2. The summed E-state index contributed by atoms with van der Waals surface area (Å²) in [6, 6.07) is 13.4. The van der Waals surface area contributed by atoms with Gasteiger partial charge in [0.25, 0.3) is 0 Å². The molecule has 0 aromatic heterocycles. The third-order valence-electron chi connectivity index (χ3n) is 2.78. The number of nitrogens with one attached hydrogen (secondary N) is 1. The molecule has 0 saturated heterocycles. The van der Waals surface area contributed by atoms with Crippen LogP contribution >= 0.6 is 23.2 Å². The third-order valence-corrected chi connectivity index (χ3v) is 3.25. The van der Waals surface area contributed by atoms with Crippen LogP contribution in [0.3, 0.4) is 0 Å². The molecule has 0 aliphatic heterocycles. The summed E-state index contributed by atoms with van der Waals surface area (Å²) >= 11 is 11.9. The lowest BCUT2D eigenvalue weighted by atomic mass is 10.2. The second-order valence-corrected chi connectivity index (χ2v) is 5.06. The molecular formula is C15H15Cl2NO. The van der Waals surface area contributed by atoms with Gasteiger partial charge in [0.15, 0.2) is 0 Å². The van der Waals surface area contributed by atoms with Crippen LogP contribution in [0.25, 0.3) is 0 Å². The SMILES string of the molecule is COc1ccc(Cl)cc1CNCc1cccc(Cl)c1. The highest BCUT2D eigenvalue weighted by Crippen LogP contribution is 2.22. The Labute approximate surface area is 123 Å². The molecule has 0 radical (unpaired) electrons. The standard InChI is InChI=1S/C15H15Cl2NO/c1-19-15-6-5-14(17)8-12(15)10-18-9-11-3-2-4-13(16)7-11/h2-8,18H,9-10H2,1H3. The minimum absolute atomic E-state index is 0.691. The Hall–Kier alpha value is -1.22. The second kappa shape index (κ2) is 6.80. The molecule has 0 saturated carbocycles. The van der Waals surface area contributed by atoms with Crippen LogP contribution in [0.4, 0.5) is 0 Å². The van der Waals surface area contributed by atoms with Gasteiger partial charge < -0.3 is 10.1 Å². The quantitative estimate of drug-likeness (QED) is 0.888. The lowest BCUT2D eigenvalue weighted by molar-refractivity contribution is 0.407. The number of hydrogen-bond donors (Lipinski definition) is 1. The van der Waals surface area contributed by atoms with Gasteiger partial charge in [-0.05, 0) is 35.9 Å². The van der Waals surface area contributed by atoms with Crippen molar-refractivity contribution in [2.45, 2.75) is 13.1 Å². The van der Waals surface area contributed by atoms with Crippen molar-refractivity contribution >= 4 is 23.2 Å². The summed E-state index contributed by atoms with van der Waals surface area (Å²) in [5.74, 6) is 0.836. The van der Waals surface area contributed by atoms with Gasteiger partial charge in [0, 0.05) is 28.7 Å². The van der Waals surface area contributed by atoms with E-state index in [1.165, 1.54) is 0 Å². The molecule has 2 rings (SSSR count). The van der Waals surface area contributed by atoms with Gasteiger partial charge >= 0.3 is 0 Å². The molecule has 2 nitrogen and oxygen atoms in total. The zero-order valence-corrected chi connectivity index (χ0v) is 12.1. The van der Waals surface area contributed by atoms with Crippen molar-refractivity contribution in [3.05, 3.63) is 63.6 Å². The van der Waals surface area contributed by atoms with Gasteiger partial charge in [-0.15, -0.1) is 0 Å². The maximum atomic E-state index is 5.99. The van der Waals surface area contributed by atoms with E-state index in [0.717, 1.165) is 28.4 Å². The first-order valence-corrected chi connectivity index (χ1v) is 6.72.